The molecular formula is C16H22F2N2O2. The second-order valence-electron chi connectivity index (χ2n) is 5.38. The molecule has 0 radical (unpaired) electrons. The largest absolute Gasteiger partial charge is 0.433 e. The van der Waals surface area contributed by atoms with Crippen LogP contribution < -0.4 is 10.1 Å². The van der Waals surface area contributed by atoms with Crippen molar-refractivity contribution >= 4 is 11.6 Å². The van der Waals surface area contributed by atoms with Crippen molar-refractivity contribution in [3.8, 4) is 5.75 Å². The van der Waals surface area contributed by atoms with Crippen LogP contribution in [0.4, 0.5) is 14.5 Å². The molecule has 2 rings (SSSR count). The number of carbonyl (C=O) groups excluding carboxylic acids is 1. The van der Waals surface area contributed by atoms with Gasteiger partial charge in [0.2, 0.25) is 5.91 Å². The highest BCUT2D eigenvalue weighted by molar-refractivity contribution is 5.81. The maximum Gasteiger partial charge on any atom is 0.387 e. The molecule has 0 saturated carbocycles. The van der Waals surface area contributed by atoms with Crippen molar-refractivity contribution in [1.82, 2.24) is 4.90 Å². The van der Waals surface area contributed by atoms with Crippen LogP contribution in [0.3, 0.4) is 0 Å². The molecule has 22 heavy (non-hydrogen) atoms. The Bertz CT molecular complexity index is 475. The fraction of sp³-hybridized carbons (Fsp3) is 0.562. The monoisotopic (exact) mass is 312 g/mol. The van der Waals surface area contributed by atoms with Crippen LogP contribution in [0.5, 0.6) is 5.75 Å². The SMILES string of the molecule is O=C(CNc1ccccc1OC(F)F)N1CCCCCCC1. The molecular weight excluding hydrogens is 290 g/mol. The molecule has 1 amide bonds. The predicted octanol–water partition coefficient (Wildman–Crippen LogP) is 3.49. The second kappa shape index (κ2) is 8.56. The molecule has 1 N–H and O–H groups in total. The summed E-state index contributed by atoms with van der Waals surface area (Å²) in [6, 6.07) is 6.40. The van der Waals surface area contributed by atoms with Gasteiger partial charge >= 0.3 is 6.61 Å². The summed E-state index contributed by atoms with van der Waals surface area (Å²) in [4.78, 5) is 14.1. The van der Waals surface area contributed by atoms with E-state index in [0.29, 0.717) is 5.69 Å². The van der Waals surface area contributed by atoms with E-state index in [1.807, 2.05) is 4.90 Å². The summed E-state index contributed by atoms with van der Waals surface area (Å²) in [6.45, 7) is -1.25. The Morgan fingerprint density at radius 3 is 2.45 bits per heavy atom. The van der Waals surface area contributed by atoms with E-state index >= 15 is 0 Å². The van der Waals surface area contributed by atoms with Crippen LogP contribution in [0.1, 0.15) is 32.1 Å². The average Bonchev–Trinajstić information content (AvgIpc) is 2.45. The lowest BCUT2D eigenvalue weighted by atomic mass is 10.1. The van der Waals surface area contributed by atoms with Gasteiger partial charge in [0.05, 0.1) is 12.2 Å². The summed E-state index contributed by atoms with van der Waals surface area (Å²) in [5, 5.41) is 2.90. The number of hydrogen-bond donors (Lipinski definition) is 1. The van der Waals surface area contributed by atoms with Gasteiger partial charge in [-0.3, -0.25) is 4.79 Å². The van der Waals surface area contributed by atoms with Gasteiger partial charge in [0.1, 0.15) is 5.75 Å². The molecule has 0 bridgehead atoms. The van der Waals surface area contributed by atoms with Crippen molar-refractivity contribution in [2.45, 2.75) is 38.7 Å². The summed E-state index contributed by atoms with van der Waals surface area (Å²) in [5.41, 5.74) is 0.406. The first kappa shape index (κ1) is 16.5. The van der Waals surface area contributed by atoms with Gasteiger partial charge in [-0.25, -0.2) is 0 Å². The van der Waals surface area contributed by atoms with Crippen LogP contribution >= 0.6 is 0 Å². The molecule has 0 aliphatic carbocycles. The average molecular weight is 312 g/mol. The fourth-order valence-electron chi connectivity index (χ4n) is 2.59. The molecule has 4 nitrogen and oxygen atoms in total. The quantitative estimate of drug-likeness (QED) is 0.905. The zero-order valence-electron chi connectivity index (χ0n) is 12.6. The van der Waals surface area contributed by atoms with Gasteiger partial charge in [-0.2, -0.15) is 8.78 Å². The minimum Gasteiger partial charge on any atom is -0.433 e. The zero-order valence-corrected chi connectivity index (χ0v) is 12.6. The molecule has 1 saturated heterocycles. The van der Waals surface area contributed by atoms with Crippen LogP contribution in [0.2, 0.25) is 0 Å². The Morgan fingerprint density at radius 1 is 1.14 bits per heavy atom. The summed E-state index contributed by atoms with van der Waals surface area (Å²) in [7, 11) is 0. The molecule has 1 heterocycles. The number of likely N-dealkylation sites (tertiary alicyclic amines) is 1. The third kappa shape index (κ3) is 5.16. The van der Waals surface area contributed by atoms with Crippen molar-refractivity contribution in [1.29, 1.82) is 0 Å². The van der Waals surface area contributed by atoms with E-state index in [1.54, 1.807) is 18.2 Å². The molecule has 1 aromatic rings. The number of ether oxygens (including phenoxy) is 1. The number of hydrogen-bond acceptors (Lipinski definition) is 3. The molecule has 6 heteroatoms. The van der Waals surface area contributed by atoms with Gasteiger partial charge in [-0.05, 0) is 25.0 Å². The highest BCUT2D eigenvalue weighted by Gasteiger charge is 2.15. The molecule has 1 aromatic carbocycles. The van der Waals surface area contributed by atoms with Crippen LogP contribution in [0, 0.1) is 0 Å². The molecule has 0 spiro atoms. The maximum atomic E-state index is 12.3. The minimum absolute atomic E-state index is 0.00579. The predicted molar refractivity (Wildman–Crippen MR) is 81.2 cm³/mol. The van der Waals surface area contributed by atoms with Crippen molar-refractivity contribution in [3.63, 3.8) is 0 Å². The minimum atomic E-state index is -2.88. The Labute approximate surface area is 129 Å². The number of nitrogens with zero attached hydrogens (tertiary/aromatic N) is 1. The summed E-state index contributed by atoms with van der Waals surface area (Å²) < 4.78 is 29.1. The van der Waals surface area contributed by atoms with Crippen molar-refractivity contribution in [2.24, 2.45) is 0 Å². The number of amides is 1. The van der Waals surface area contributed by atoms with Gasteiger partial charge in [0.25, 0.3) is 0 Å². The first-order chi connectivity index (χ1) is 10.7. The topological polar surface area (TPSA) is 41.6 Å². The molecule has 122 valence electrons. The van der Waals surface area contributed by atoms with Crippen LogP contribution in [0.25, 0.3) is 0 Å². The van der Waals surface area contributed by atoms with Gasteiger partial charge < -0.3 is 15.0 Å². The molecule has 1 aliphatic heterocycles. The molecule has 1 aliphatic rings. The Balaban J connectivity index is 1.90. The van der Waals surface area contributed by atoms with Gasteiger partial charge in [0.15, 0.2) is 0 Å². The van der Waals surface area contributed by atoms with Crippen LogP contribution in [-0.4, -0.2) is 37.1 Å². The van der Waals surface area contributed by atoms with E-state index in [1.165, 1.54) is 12.5 Å². The lowest BCUT2D eigenvalue weighted by molar-refractivity contribution is -0.129. The highest BCUT2D eigenvalue weighted by Crippen LogP contribution is 2.25. The Hall–Kier alpha value is -1.85. The van der Waals surface area contributed by atoms with E-state index in [4.69, 9.17) is 0 Å². The van der Waals surface area contributed by atoms with Crippen LogP contribution in [-0.2, 0) is 4.79 Å². The third-order valence-corrected chi connectivity index (χ3v) is 3.74. The smallest absolute Gasteiger partial charge is 0.387 e. The molecule has 0 unspecified atom stereocenters. The number of para-hydroxylation sites is 2. The highest BCUT2D eigenvalue weighted by atomic mass is 19.3. The number of alkyl halides is 2. The standard InChI is InChI=1S/C16H22F2N2O2/c17-16(18)22-14-9-5-4-8-13(14)19-12-15(21)20-10-6-2-1-3-7-11-20/h4-5,8-9,16,19H,1-3,6-7,10-12H2. The normalized spacial score (nSPS) is 16.0. The summed E-state index contributed by atoms with van der Waals surface area (Å²) >= 11 is 0. The Kier molecular flexibility index (Phi) is 6.43. The van der Waals surface area contributed by atoms with Gasteiger partial charge in [-0.15, -0.1) is 0 Å². The number of carbonyl (C=O) groups is 1. The summed E-state index contributed by atoms with van der Waals surface area (Å²) in [5.74, 6) is 0.0479. The molecule has 1 fully saturated rings. The van der Waals surface area contributed by atoms with E-state index in [9.17, 15) is 13.6 Å². The second-order valence-corrected chi connectivity index (χ2v) is 5.38. The first-order valence-electron chi connectivity index (χ1n) is 7.72. The first-order valence-corrected chi connectivity index (χ1v) is 7.72. The number of rotatable bonds is 5. The number of anilines is 1. The third-order valence-electron chi connectivity index (χ3n) is 3.74. The maximum absolute atomic E-state index is 12.3. The van der Waals surface area contributed by atoms with E-state index < -0.39 is 6.61 Å². The van der Waals surface area contributed by atoms with E-state index in [0.717, 1.165) is 38.8 Å². The lowest BCUT2D eigenvalue weighted by Crippen LogP contribution is -2.37. The van der Waals surface area contributed by atoms with E-state index in [-0.39, 0.29) is 18.2 Å². The van der Waals surface area contributed by atoms with Gasteiger partial charge in [0, 0.05) is 13.1 Å². The zero-order chi connectivity index (χ0) is 15.8. The Morgan fingerprint density at radius 2 is 1.77 bits per heavy atom. The number of benzene rings is 1. The molecule has 0 atom stereocenters. The molecule has 0 aromatic heterocycles. The number of nitrogens with one attached hydrogen (secondary N) is 1. The van der Waals surface area contributed by atoms with Gasteiger partial charge in [-0.1, -0.05) is 31.4 Å². The van der Waals surface area contributed by atoms with Crippen LogP contribution in [0.15, 0.2) is 24.3 Å². The van der Waals surface area contributed by atoms with Crippen molar-refractivity contribution in [3.05, 3.63) is 24.3 Å². The van der Waals surface area contributed by atoms with Crippen molar-refractivity contribution < 1.29 is 18.3 Å². The lowest BCUT2D eigenvalue weighted by Gasteiger charge is -2.25. The fourth-order valence-corrected chi connectivity index (χ4v) is 2.59. The van der Waals surface area contributed by atoms with E-state index in [2.05, 4.69) is 10.1 Å². The van der Waals surface area contributed by atoms with Crippen molar-refractivity contribution in [2.75, 3.05) is 25.0 Å². The number of halogens is 2. The summed E-state index contributed by atoms with van der Waals surface area (Å²) in [6.07, 6.45) is 5.59.